The third-order valence-electron chi connectivity index (χ3n) is 18.7. The Morgan fingerprint density at radius 3 is 0.833 bits per heavy atom. The van der Waals surface area contributed by atoms with E-state index in [1.54, 1.807) is 0 Å². The van der Waals surface area contributed by atoms with Crippen LogP contribution in [0.2, 0.25) is 0 Å². The smallest absolute Gasteiger partial charge is 0.306 e. The number of phosphoric acid groups is 1. The van der Waals surface area contributed by atoms with E-state index in [1.807, 2.05) is 21.1 Å². The van der Waals surface area contributed by atoms with Gasteiger partial charge in [0.1, 0.15) is 19.8 Å². The summed E-state index contributed by atoms with van der Waals surface area (Å²) < 4.78 is 34.5. The number of nitrogens with zero attached hydrogens (tertiary/aromatic N) is 1. The molecule has 102 heavy (non-hydrogen) atoms. The lowest BCUT2D eigenvalue weighted by Gasteiger charge is -2.28. The Bertz CT molecular complexity index is 2190. The lowest BCUT2D eigenvalue weighted by Crippen LogP contribution is -2.37. The molecule has 0 aliphatic rings. The van der Waals surface area contributed by atoms with E-state index in [1.165, 1.54) is 250 Å². The highest BCUT2D eigenvalue weighted by atomic mass is 31.2. The Kier molecular flexibility index (Phi) is 78.2. The molecule has 0 bridgehead atoms. The van der Waals surface area contributed by atoms with Crippen molar-refractivity contribution in [2.75, 3.05) is 47.5 Å². The summed E-state index contributed by atoms with van der Waals surface area (Å²) in [4.78, 5) is 38.2. The average Bonchev–Trinajstić information content (AvgIpc) is 0.913. The van der Waals surface area contributed by atoms with Gasteiger partial charge in [0.25, 0.3) is 7.82 Å². The molecule has 588 valence electrons. The van der Waals surface area contributed by atoms with Crippen molar-refractivity contribution in [1.29, 1.82) is 0 Å². The molecule has 0 aliphatic heterocycles. The maximum absolute atomic E-state index is 12.9. The van der Waals surface area contributed by atoms with E-state index in [0.29, 0.717) is 17.4 Å². The van der Waals surface area contributed by atoms with Gasteiger partial charge in [-0.3, -0.25) is 14.2 Å². The van der Waals surface area contributed by atoms with Gasteiger partial charge >= 0.3 is 11.9 Å². The van der Waals surface area contributed by atoms with E-state index >= 15 is 0 Å². The second-order valence-corrected chi connectivity index (χ2v) is 31.2. The van der Waals surface area contributed by atoms with Gasteiger partial charge in [-0.1, -0.05) is 392 Å². The first-order valence-corrected chi connectivity index (χ1v) is 44.4. The van der Waals surface area contributed by atoms with Gasteiger partial charge in [-0.05, 0) is 116 Å². The maximum atomic E-state index is 12.9. The lowest BCUT2D eigenvalue weighted by atomic mass is 10.0. The standard InChI is InChI=1S/C92H162NO8P/c1-6-8-10-12-14-16-18-20-22-24-26-28-30-32-34-36-38-40-42-44-45-46-47-49-50-52-54-56-58-60-62-64-66-68-70-72-74-76-78-80-82-84-91(94)98-88-90(89-100-102(96,97)99-87-86-93(3,4)5)101-92(95)85-83-81-79-77-75-73-71-69-67-65-63-61-59-57-55-53-51-48-43-41-39-37-35-33-31-29-27-25-23-21-19-17-15-13-11-9-7-2/h9,11,15,17-18,20-21,23-24,26-27,29-30,32-33,35,39,41,48,51,55,57,90H,6-8,10,12-14,16,19,22,25,28,31,34,36-38,40,42-47,49-50,52-54,56,58-89H2,1-5H3/b11-9-,17-15-,20-18-,23-21-,26-24-,29-27-,32-30-,35-33-,41-39-,51-48-,57-55-. The van der Waals surface area contributed by atoms with Crippen molar-refractivity contribution in [1.82, 2.24) is 0 Å². The predicted octanol–water partition coefficient (Wildman–Crippen LogP) is 28.4. The molecule has 0 amide bonds. The Balaban J connectivity index is 3.94. The largest absolute Gasteiger partial charge is 0.756 e. The predicted molar refractivity (Wildman–Crippen MR) is 443 cm³/mol. The fourth-order valence-corrected chi connectivity index (χ4v) is 12.9. The quantitative estimate of drug-likeness (QED) is 0.0195. The molecule has 0 aromatic carbocycles. The van der Waals surface area contributed by atoms with Crippen LogP contribution >= 0.6 is 7.82 Å². The van der Waals surface area contributed by atoms with Crippen LogP contribution in [-0.4, -0.2) is 70.0 Å². The number of phosphoric ester groups is 1. The van der Waals surface area contributed by atoms with Crippen molar-refractivity contribution in [3.8, 4) is 0 Å². The van der Waals surface area contributed by atoms with Crippen LogP contribution in [0.15, 0.2) is 134 Å². The number of allylic oxidation sites excluding steroid dienone is 22. The first-order chi connectivity index (χ1) is 50.0. The Morgan fingerprint density at radius 1 is 0.314 bits per heavy atom. The minimum absolute atomic E-state index is 0.0342. The molecule has 0 heterocycles. The molecule has 0 rings (SSSR count). The summed E-state index contributed by atoms with van der Waals surface area (Å²) in [6, 6.07) is 0. The number of ether oxygens (including phenoxy) is 2. The Labute approximate surface area is 631 Å². The summed E-state index contributed by atoms with van der Waals surface area (Å²) >= 11 is 0. The van der Waals surface area contributed by atoms with Crippen molar-refractivity contribution in [3.05, 3.63) is 134 Å². The van der Waals surface area contributed by atoms with Crippen molar-refractivity contribution in [2.24, 2.45) is 0 Å². The van der Waals surface area contributed by atoms with Gasteiger partial charge in [0.05, 0.1) is 27.7 Å². The summed E-state index contributed by atoms with van der Waals surface area (Å²) in [5, 5.41) is 0. The summed E-state index contributed by atoms with van der Waals surface area (Å²) in [5.74, 6) is -0.825. The molecular weight excluding hydrogens is 1280 g/mol. The summed E-state index contributed by atoms with van der Waals surface area (Å²) in [6.45, 7) is 4.15. The summed E-state index contributed by atoms with van der Waals surface area (Å²) in [6.07, 6.45) is 119. The number of likely N-dealkylation sites (N-methyl/N-ethyl adjacent to an activating group) is 1. The Hall–Kier alpha value is -3.85. The van der Waals surface area contributed by atoms with E-state index in [2.05, 4.69) is 148 Å². The van der Waals surface area contributed by atoms with Crippen LogP contribution in [-0.2, 0) is 32.7 Å². The molecule has 0 aromatic rings. The maximum Gasteiger partial charge on any atom is 0.306 e. The van der Waals surface area contributed by atoms with Crippen LogP contribution in [0.1, 0.15) is 386 Å². The minimum atomic E-state index is -4.65. The van der Waals surface area contributed by atoms with Crippen molar-refractivity contribution < 1.29 is 42.1 Å². The topological polar surface area (TPSA) is 111 Å². The fraction of sp³-hybridized carbons (Fsp3) is 0.739. The summed E-state index contributed by atoms with van der Waals surface area (Å²) in [7, 11) is 1.17. The van der Waals surface area contributed by atoms with E-state index in [4.69, 9.17) is 18.5 Å². The number of hydrogen-bond donors (Lipinski definition) is 0. The molecule has 0 N–H and O–H groups in total. The summed E-state index contributed by atoms with van der Waals surface area (Å²) in [5.41, 5.74) is 0. The number of hydrogen-bond acceptors (Lipinski definition) is 8. The first kappa shape index (κ1) is 98.2. The number of carbonyl (C=O) groups excluding carboxylic acids is 2. The second-order valence-electron chi connectivity index (χ2n) is 29.8. The van der Waals surface area contributed by atoms with Crippen LogP contribution in [0.5, 0.6) is 0 Å². The van der Waals surface area contributed by atoms with Gasteiger partial charge in [0.15, 0.2) is 6.10 Å². The molecule has 0 aromatic heterocycles. The number of esters is 2. The zero-order valence-corrected chi connectivity index (χ0v) is 68.2. The first-order valence-electron chi connectivity index (χ1n) is 42.9. The third kappa shape index (κ3) is 85.1. The third-order valence-corrected chi connectivity index (χ3v) is 19.6. The van der Waals surface area contributed by atoms with E-state index in [9.17, 15) is 19.0 Å². The van der Waals surface area contributed by atoms with Crippen LogP contribution in [0.25, 0.3) is 0 Å². The molecule has 2 unspecified atom stereocenters. The van der Waals surface area contributed by atoms with E-state index in [-0.39, 0.29) is 32.0 Å². The molecule has 0 saturated heterocycles. The number of carbonyl (C=O) groups is 2. The molecule has 0 saturated carbocycles. The SMILES string of the molecule is CC/C=C\C/C=C\C/C=C\C/C=C\C/C=C\C/C=C\C/C=C\C/C=C\CCCCCCCCCCCCCCC(=O)OC(COC(=O)CCCCCCCCCCCCCCCCCCCCCCCCCCCC/C=C\C/C=C\C/C=C\CCCCCCC)COP(=O)([O-])OCC[N+](C)(C)C. The van der Waals surface area contributed by atoms with Crippen LogP contribution in [0.3, 0.4) is 0 Å². The van der Waals surface area contributed by atoms with Crippen molar-refractivity contribution in [3.63, 3.8) is 0 Å². The second kappa shape index (κ2) is 81.2. The van der Waals surface area contributed by atoms with Gasteiger partial charge in [0, 0.05) is 12.8 Å². The van der Waals surface area contributed by atoms with Crippen LogP contribution in [0, 0.1) is 0 Å². The lowest BCUT2D eigenvalue weighted by molar-refractivity contribution is -0.870. The molecule has 0 aliphatic carbocycles. The highest BCUT2D eigenvalue weighted by molar-refractivity contribution is 7.45. The Morgan fingerprint density at radius 2 is 0.559 bits per heavy atom. The van der Waals surface area contributed by atoms with Gasteiger partial charge in [-0.15, -0.1) is 0 Å². The van der Waals surface area contributed by atoms with Gasteiger partial charge in [0.2, 0.25) is 0 Å². The molecule has 0 spiro atoms. The van der Waals surface area contributed by atoms with E-state index in [0.717, 1.165) is 103 Å². The van der Waals surface area contributed by atoms with Gasteiger partial charge in [-0.25, -0.2) is 0 Å². The van der Waals surface area contributed by atoms with Gasteiger partial charge < -0.3 is 27.9 Å². The molecule has 0 radical (unpaired) electrons. The van der Waals surface area contributed by atoms with Gasteiger partial charge in [-0.2, -0.15) is 0 Å². The van der Waals surface area contributed by atoms with Crippen LogP contribution in [0.4, 0.5) is 0 Å². The monoisotopic (exact) mass is 1440 g/mol. The fourth-order valence-electron chi connectivity index (χ4n) is 12.2. The zero-order valence-electron chi connectivity index (χ0n) is 67.3. The number of rotatable bonds is 79. The number of unbranched alkanes of at least 4 members (excludes halogenated alkanes) is 43. The molecule has 2 atom stereocenters. The van der Waals surface area contributed by atoms with Crippen molar-refractivity contribution >= 4 is 19.8 Å². The van der Waals surface area contributed by atoms with E-state index < -0.39 is 26.5 Å². The molecular formula is C92H162NO8P. The average molecular weight is 1440 g/mol. The molecule has 0 fully saturated rings. The number of quaternary nitrogens is 1. The van der Waals surface area contributed by atoms with Crippen LogP contribution < -0.4 is 4.89 Å². The molecule has 10 heteroatoms. The zero-order chi connectivity index (χ0) is 74.0. The molecule has 9 nitrogen and oxygen atoms in total. The minimum Gasteiger partial charge on any atom is -0.756 e. The highest BCUT2D eigenvalue weighted by Crippen LogP contribution is 2.38. The normalized spacial score (nSPS) is 13.7. The van der Waals surface area contributed by atoms with Crippen molar-refractivity contribution in [2.45, 2.75) is 392 Å². The highest BCUT2D eigenvalue weighted by Gasteiger charge is 2.22.